The highest BCUT2D eigenvalue weighted by molar-refractivity contribution is 7.89. The maximum absolute atomic E-state index is 12.0. The first-order valence-electron chi connectivity index (χ1n) is 6.01. The van der Waals surface area contributed by atoms with E-state index in [0.717, 1.165) is 12.0 Å². The topological polar surface area (TPSA) is 46.2 Å². The molecule has 5 heteroatoms. The number of sulfonamides is 1. The summed E-state index contributed by atoms with van der Waals surface area (Å²) in [6, 6.07) is 6.83. The summed E-state index contributed by atoms with van der Waals surface area (Å²) >= 11 is 6.07. The van der Waals surface area contributed by atoms with Gasteiger partial charge in [-0.3, -0.25) is 0 Å². The number of hydrogen-bond acceptors (Lipinski definition) is 2. The number of hydrogen-bond donors (Lipinski definition) is 1. The monoisotopic (exact) mass is 289 g/mol. The Balaban J connectivity index is 2.66. The quantitative estimate of drug-likeness (QED) is 0.819. The van der Waals surface area contributed by atoms with Crippen molar-refractivity contribution in [1.29, 1.82) is 0 Å². The first-order chi connectivity index (χ1) is 8.31. The van der Waals surface area contributed by atoms with E-state index in [4.69, 9.17) is 11.6 Å². The van der Waals surface area contributed by atoms with E-state index in [1.54, 1.807) is 18.2 Å². The summed E-state index contributed by atoms with van der Waals surface area (Å²) in [5, 5.41) is -0.176. The van der Waals surface area contributed by atoms with Crippen molar-refractivity contribution < 1.29 is 8.42 Å². The fourth-order valence-corrected chi connectivity index (χ4v) is 3.37. The van der Waals surface area contributed by atoms with Crippen molar-refractivity contribution in [3.63, 3.8) is 0 Å². The highest BCUT2D eigenvalue weighted by Gasteiger charge is 2.16. The van der Waals surface area contributed by atoms with Gasteiger partial charge in [-0.25, -0.2) is 13.1 Å². The van der Waals surface area contributed by atoms with Crippen molar-refractivity contribution in [2.45, 2.75) is 37.5 Å². The summed E-state index contributed by atoms with van der Waals surface area (Å²) in [5.74, 6) is 0.455. The van der Waals surface area contributed by atoms with Crippen molar-refractivity contribution >= 4 is 21.6 Å². The van der Waals surface area contributed by atoms with E-state index in [9.17, 15) is 8.42 Å². The fraction of sp³-hybridized carbons (Fsp3) is 0.538. The van der Waals surface area contributed by atoms with Gasteiger partial charge in [-0.1, -0.05) is 26.0 Å². The Morgan fingerprint density at radius 1 is 1.33 bits per heavy atom. The Kier molecular flexibility index (Phi) is 5.63. The molecule has 0 amide bonds. The second-order valence-corrected chi connectivity index (χ2v) is 7.28. The van der Waals surface area contributed by atoms with Crippen molar-refractivity contribution in [2.75, 3.05) is 6.54 Å². The van der Waals surface area contributed by atoms with E-state index in [1.807, 2.05) is 13.0 Å². The van der Waals surface area contributed by atoms with E-state index < -0.39 is 10.0 Å². The van der Waals surface area contributed by atoms with Gasteiger partial charge in [-0.2, -0.15) is 0 Å². The number of benzene rings is 1. The van der Waals surface area contributed by atoms with Crippen LogP contribution in [-0.2, 0) is 10.0 Å². The van der Waals surface area contributed by atoms with E-state index in [1.165, 1.54) is 0 Å². The highest BCUT2D eigenvalue weighted by Crippen LogP contribution is 2.13. The van der Waals surface area contributed by atoms with Crippen molar-refractivity contribution in [3.8, 4) is 0 Å². The lowest BCUT2D eigenvalue weighted by atomic mass is 10.1. The predicted molar refractivity (Wildman–Crippen MR) is 75.5 cm³/mol. The molecule has 0 heterocycles. The standard InChI is InChI=1S/C13H20ClNO2S/c1-10(2)7-12(14)9-15-18(16,17)13-6-4-5-11(3)8-13/h4-6,8,10,12,15H,7,9H2,1-3H3. The van der Waals surface area contributed by atoms with Crippen LogP contribution >= 0.6 is 11.6 Å². The lowest BCUT2D eigenvalue weighted by molar-refractivity contribution is 0.544. The molecule has 1 aromatic rings. The third-order valence-electron chi connectivity index (χ3n) is 2.52. The van der Waals surface area contributed by atoms with Crippen LogP contribution in [-0.4, -0.2) is 20.3 Å². The number of alkyl halides is 1. The summed E-state index contributed by atoms with van der Waals surface area (Å²) in [7, 11) is -3.45. The average Bonchev–Trinajstić information content (AvgIpc) is 2.26. The fourth-order valence-electron chi connectivity index (χ4n) is 1.66. The Morgan fingerprint density at radius 3 is 2.56 bits per heavy atom. The molecule has 1 aromatic carbocycles. The molecule has 1 rings (SSSR count). The van der Waals surface area contributed by atoms with Crippen LogP contribution in [0, 0.1) is 12.8 Å². The van der Waals surface area contributed by atoms with Crippen LogP contribution in [0.15, 0.2) is 29.2 Å². The van der Waals surface area contributed by atoms with Gasteiger partial charge in [-0.15, -0.1) is 11.6 Å². The SMILES string of the molecule is Cc1cccc(S(=O)(=O)NCC(Cl)CC(C)C)c1. The molecule has 18 heavy (non-hydrogen) atoms. The summed E-state index contributed by atoms with van der Waals surface area (Å²) < 4.78 is 26.6. The van der Waals surface area contributed by atoms with Crippen LogP contribution in [0.1, 0.15) is 25.8 Å². The Labute approximate surface area is 115 Å². The Hall–Kier alpha value is -0.580. The summed E-state index contributed by atoms with van der Waals surface area (Å²) in [6.07, 6.45) is 0.790. The number of halogens is 1. The summed E-state index contributed by atoms with van der Waals surface area (Å²) in [4.78, 5) is 0.288. The maximum Gasteiger partial charge on any atom is 0.240 e. The summed E-state index contributed by atoms with van der Waals surface area (Å²) in [6.45, 7) is 6.24. The molecule has 0 aliphatic rings. The smallest absolute Gasteiger partial charge is 0.210 e. The second kappa shape index (κ2) is 6.55. The van der Waals surface area contributed by atoms with E-state index >= 15 is 0 Å². The molecule has 0 fully saturated rings. The Morgan fingerprint density at radius 2 is 2.00 bits per heavy atom. The van der Waals surface area contributed by atoms with Gasteiger partial charge in [0.25, 0.3) is 0 Å². The zero-order valence-corrected chi connectivity index (χ0v) is 12.6. The normalized spacial score (nSPS) is 13.8. The molecule has 1 N–H and O–H groups in total. The van der Waals surface area contributed by atoms with Crippen LogP contribution in [0.2, 0.25) is 0 Å². The van der Waals surface area contributed by atoms with E-state index in [2.05, 4.69) is 18.6 Å². The lowest BCUT2D eigenvalue weighted by Crippen LogP contribution is -2.30. The van der Waals surface area contributed by atoms with Gasteiger partial charge in [0.2, 0.25) is 10.0 Å². The van der Waals surface area contributed by atoms with Gasteiger partial charge >= 0.3 is 0 Å². The van der Waals surface area contributed by atoms with Gasteiger partial charge in [-0.05, 0) is 37.0 Å². The molecule has 0 aromatic heterocycles. The lowest BCUT2D eigenvalue weighted by Gasteiger charge is -2.13. The van der Waals surface area contributed by atoms with Crippen molar-refractivity contribution in [1.82, 2.24) is 4.72 Å². The van der Waals surface area contributed by atoms with E-state index in [-0.39, 0.29) is 16.8 Å². The molecule has 0 spiro atoms. The largest absolute Gasteiger partial charge is 0.240 e. The minimum Gasteiger partial charge on any atom is -0.210 e. The van der Waals surface area contributed by atoms with E-state index in [0.29, 0.717) is 5.92 Å². The molecule has 1 unspecified atom stereocenters. The van der Waals surface area contributed by atoms with Crippen LogP contribution in [0.4, 0.5) is 0 Å². The van der Waals surface area contributed by atoms with Gasteiger partial charge in [0.15, 0.2) is 0 Å². The van der Waals surface area contributed by atoms with Gasteiger partial charge < -0.3 is 0 Å². The zero-order valence-electron chi connectivity index (χ0n) is 11.0. The van der Waals surface area contributed by atoms with Crippen LogP contribution < -0.4 is 4.72 Å². The maximum atomic E-state index is 12.0. The molecule has 3 nitrogen and oxygen atoms in total. The first kappa shape index (κ1) is 15.5. The molecule has 0 bridgehead atoms. The van der Waals surface area contributed by atoms with Crippen molar-refractivity contribution in [2.24, 2.45) is 5.92 Å². The zero-order chi connectivity index (χ0) is 13.8. The molecule has 1 atom stereocenters. The minimum absolute atomic E-state index is 0.176. The second-order valence-electron chi connectivity index (χ2n) is 4.90. The first-order valence-corrected chi connectivity index (χ1v) is 7.93. The number of aryl methyl sites for hydroxylation is 1. The third-order valence-corrected chi connectivity index (χ3v) is 4.28. The average molecular weight is 290 g/mol. The molecular weight excluding hydrogens is 270 g/mol. The van der Waals surface area contributed by atoms with Gasteiger partial charge in [0, 0.05) is 11.9 Å². The minimum atomic E-state index is -3.45. The van der Waals surface area contributed by atoms with Crippen LogP contribution in [0.3, 0.4) is 0 Å². The number of rotatable bonds is 6. The highest BCUT2D eigenvalue weighted by atomic mass is 35.5. The molecule has 0 saturated carbocycles. The molecular formula is C13H20ClNO2S. The molecule has 0 saturated heterocycles. The van der Waals surface area contributed by atoms with Crippen LogP contribution in [0.5, 0.6) is 0 Å². The molecule has 0 radical (unpaired) electrons. The summed E-state index contributed by atoms with van der Waals surface area (Å²) in [5.41, 5.74) is 0.919. The van der Waals surface area contributed by atoms with Gasteiger partial charge in [0.1, 0.15) is 0 Å². The van der Waals surface area contributed by atoms with Crippen LogP contribution in [0.25, 0.3) is 0 Å². The van der Waals surface area contributed by atoms with Gasteiger partial charge in [0.05, 0.1) is 4.90 Å². The molecule has 0 aliphatic heterocycles. The third kappa shape index (κ3) is 4.96. The molecule has 102 valence electrons. The number of nitrogens with one attached hydrogen (secondary N) is 1. The predicted octanol–water partition coefficient (Wildman–Crippen LogP) is 2.93. The Bertz CT molecular complexity index is 486. The molecule has 0 aliphatic carbocycles. The van der Waals surface area contributed by atoms with Crippen molar-refractivity contribution in [3.05, 3.63) is 29.8 Å².